The molecular formula is C51H62BrN5O6. The highest BCUT2D eigenvalue weighted by Crippen LogP contribution is 2.32. The first kappa shape index (κ1) is 47.4. The van der Waals surface area contributed by atoms with Crippen molar-refractivity contribution in [2.45, 2.75) is 110 Å². The van der Waals surface area contributed by atoms with E-state index in [9.17, 15) is 19.6 Å². The molecule has 2 fully saturated rings. The van der Waals surface area contributed by atoms with Crippen LogP contribution in [0.5, 0.6) is 11.5 Å². The molecule has 11 nitrogen and oxygen atoms in total. The van der Waals surface area contributed by atoms with Gasteiger partial charge in [-0.3, -0.25) is 24.4 Å². The number of nitriles is 1. The number of carbonyl (C=O) groups excluding carboxylic acids is 3. The van der Waals surface area contributed by atoms with Crippen molar-refractivity contribution in [2.75, 3.05) is 50.9 Å². The van der Waals surface area contributed by atoms with Crippen LogP contribution in [-0.2, 0) is 38.4 Å². The number of hydrogen-bond donors (Lipinski definition) is 0. The summed E-state index contributed by atoms with van der Waals surface area (Å²) >= 11 is 3.60. The second kappa shape index (κ2) is 24.1. The number of carbonyl (C=O) groups is 3. The molecule has 1 amide bonds. The molecule has 0 unspecified atom stereocenters. The summed E-state index contributed by atoms with van der Waals surface area (Å²) in [6, 6.07) is 20.1. The van der Waals surface area contributed by atoms with Crippen LogP contribution in [0.3, 0.4) is 0 Å². The molecular weight excluding hydrogens is 858 g/mol. The van der Waals surface area contributed by atoms with E-state index in [2.05, 4.69) is 49.0 Å². The largest absolute Gasteiger partial charge is 0.494 e. The number of anilines is 1. The Kier molecular flexibility index (Phi) is 18.1. The van der Waals surface area contributed by atoms with Crippen molar-refractivity contribution < 1.29 is 28.6 Å². The highest BCUT2D eigenvalue weighted by atomic mass is 79.9. The van der Waals surface area contributed by atoms with Gasteiger partial charge in [0.2, 0.25) is 5.91 Å². The number of morpholine rings is 1. The van der Waals surface area contributed by atoms with Crippen LogP contribution >= 0.6 is 15.9 Å². The summed E-state index contributed by atoms with van der Waals surface area (Å²) in [5.41, 5.74) is 7.00. The highest BCUT2D eigenvalue weighted by Gasteiger charge is 2.27. The monoisotopic (exact) mass is 919 g/mol. The van der Waals surface area contributed by atoms with E-state index in [1.54, 1.807) is 12.4 Å². The molecule has 0 spiro atoms. The van der Waals surface area contributed by atoms with Crippen molar-refractivity contribution in [1.29, 1.82) is 5.26 Å². The number of ether oxygens (including phenoxy) is 3. The Balaban J connectivity index is 0.813. The van der Waals surface area contributed by atoms with Gasteiger partial charge in [-0.1, -0.05) is 53.7 Å². The summed E-state index contributed by atoms with van der Waals surface area (Å²) in [5.74, 6) is 2.54. The number of nitrogens with zero attached hydrogens (tertiary/aromatic N) is 5. The maximum absolute atomic E-state index is 13.1. The van der Waals surface area contributed by atoms with Crippen LogP contribution in [0.1, 0.15) is 103 Å². The second-order valence-corrected chi connectivity index (χ2v) is 18.1. The molecule has 3 aromatic carbocycles. The van der Waals surface area contributed by atoms with Crippen LogP contribution in [-0.4, -0.2) is 84.4 Å². The lowest BCUT2D eigenvalue weighted by molar-refractivity contribution is -0.140. The molecule has 1 atom stereocenters. The summed E-state index contributed by atoms with van der Waals surface area (Å²) in [7, 11) is 0. The van der Waals surface area contributed by atoms with E-state index < -0.39 is 0 Å². The van der Waals surface area contributed by atoms with Crippen LogP contribution in [0.15, 0.2) is 71.5 Å². The summed E-state index contributed by atoms with van der Waals surface area (Å²) < 4.78 is 19.2. The molecule has 1 aliphatic carbocycles. The number of benzene rings is 3. The van der Waals surface area contributed by atoms with Gasteiger partial charge in [0.25, 0.3) is 0 Å². The minimum atomic E-state index is -0.251. The quantitative estimate of drug-likeness (QED) is 0.0593. The minimum Gasteiger partial charge on any atom is -0.494 e. The van der Waals surface area contributed by atoms with E-state index in [4.69, 9.17) is 14.2 Å². The highest BCUT2D eigenvalue weighted by molar-refractivity contribution is 9.10. The Morgan fingerprint density at radius 3 is 2.38 bits per heavy atom. The second-order valence-electron chi connectivity index (χ2n) is 17.2. The predicted octanol–water partition coefficient (Wildman–Crippen LogP) is 9.22. The van der Waals surface area contributed by atoms with E-state index in [0.29, 0.717) is 75.0 Å². The van der Waals surface area contributed by atoms with Gasteiger partial charge in [-0.25, -0.2) is 0 Å². The van der Waals surface area contributed by atoms with Gasteiger partial charge >= 0.3 is 0 Å². The van der Waals surface area contributed by atoms with Crippen molar-refractivity contribution in [3.05, 3.63) is 111 Å². The summed E-state index contributed by atoms with van der Waals surface area (Å²) in [6.07, 6.45) is 13.7. The predicted molar refractivity (Wildman–Crippen MR) is 248 cm³/mol. The summed E-state index contributed by atoms with van der Waals surface area (Å²) in [4.78, 5) is 51.8. The fourth-order valence-electron chi connectivity index (χ4n) is 7.79. The first-order valence-electron chi connectivity index (χ1n) is 22.6. The Hall–Kier alpha value is -5.12. The third kappa shape index (κ3) is 15.6. The SMILES string of the molecule is Cc1cnc(CC(=O)Cc2cc(Br)c(C)cc2OC[C@@H]2CN(C(=O)CCCCCCCCOc3ccc(CCC(=O)CN(CC4CC4)c4ccc(C#N)c(C)c4)cc3)CCO2)cn1. The zero-order valence-electron chi connectivity index (χ0n) is 37.2. The number of ketones is 2. The molecule has 4 aromatic rings. The molecule has 1 saturated heterocycles. The fraction of sp³-hybridized carbons (Fsp3) is 0.490. The Morgan fingerprint density at radius 2 is 1.65 bits per heavy atom. The van der Waals surface area contributed by atoms with Gasteiger partial charge in [0.1, 0.15) is 30.0 Å². The van der Waals surface area contributed by atoms with Crippen LogP contribution in [0, 0.1) is 38.0 Å². The maximum atomic E-state index is 13.1. The molecule has 12 heteroatoms. The zero-order valence-corrected chi connectivity index (χ0v) is 38.8. The molecule has 0 bridgehead atoms. The van der Waals surface area contributed by atoms with Gasteiger partial charge in [-0.05, 0) is 118 Å². The Bertz CT molecular complexity index is 2190. The Labute approximate surface area is 381 Å². The molecule has 1 saturated carbocycles. The molecule has 2 heterocycles. The molecule has 1 aliphatic heterocycles. The summed E-state index contributed by atoms with van der Waals surface area (Å²) in [6.45, 7) is 9.56. The van der Waals surface area contributed by atoms with Crippen molar-refractivity contribution >= 4 is 39.1 Å². The van der Waals surface area contributed by atoms with E-state index in [0.717, 1.165) is 88.9 Å². The number of Topliss-reactive ketones (excluding diaryl/α,β-unsaturated/α-hetero) is 2. The standard InChI is InChI=1S/C51H62BrN5O6/c1-36-24-44(17-16-41(36)29-53)57(32-40-11-12-40)33-45(58)18-13-39-14-19-47(20-15-39)61-22-9-7-5-4-6-8-10-51(60)56-21-23-62-48(34-56)35-63-50-25-37(2)49(52)27-42(50)26-46(59)28-43-31-54-38(3)30-55-43/h14-17,19-20,24-25,27,30-31,40,48H,4-13,18,21-23,26,28,32-35H2,1-3H3/t48-/m0/s1. The van der Waals surface area contributed by atoms with Gasteiger partial charge in [0, 0.05) is 60.5 Å². The lowest BCUT2D eigenvalue weighted by Crippen LogP contribution is -2.47. The summed E-state index contributed by atoms with van der Waals surface area (Å²) in [5, 5.41) is 9.32. The van der Waals surface area contributed by atoms with Crippen LogP contribution in [0.2, 0.25) is 0 Å². The number of halogens is 1. The third-order valence-electron chi connectivity index (χ3n) is 11.8. The molecule has 2 aliphatic rings. The van der Waals surface area contributed by atoms with E-state index in [1.807, 2.05) is 68.1 Å². The van der Waals surface area contributed by atoms with Gasteiger partial charge in [-0.15, -0.1) is 0 Å². The first-order chi connectivity index (χ1) is 30.5. The third-order valence-corrected chi connectivity index (χ3v) is 12.6. The average Bonchev–Trinajstić information content (AvgIpc) is 4.11. The van der Waals surface area contributed by atoms with Crippen LogP contribution in [0.4, 0.5) is 5.69 Å². The number of unbranched alkanes of at least 4 members (excludes halogenated alkanes) is 5. The normalized spacial score (nSPS) is 14.8. The molecule has 0 N–H and O–H groups in total. The van der Waals surface area contributed by atoms with Gasteiger partial charge in [0.05, 0.1) is 55.7 Å². The van der Waals surface area contributed by atoms with E-state index >= 15 is 0 Å². The van der Waals surface area contributed by atoms with Crippen molar-refractivity contribution in [3.8, 4) is 17.6 Å². The zero-order chi connectivity index (χ0) is 44.6. The lowest BCUT2D eigenvalue weighted by Gasteiger charge is -2.33. The maximum Gasteiger partial charge on any atom is 0.222 e. The van der Waals surface area contributed by atoms with Crippen LogP contribution < -0.4 is 14.4 Å². The van der Waals surface area contributed by atoms with Gasteiger partial charge in [-0.2, -0.15) is 5.26 Å². The number of aryl methyl sites for hydroxylation is 4. The molecule has 1 aromatic heterocycles. The smallest absolute Gasteiger partial charge is 0.222 e. The van der Waals surface area contributed by atoms with Gasteiger partial charge in [0.15, 0.2) is 5.78 Å². The molecule has 334 valence electrons. The number of amides is 1. The first-order valence-corrected chi connectivity index (χ1v) is 23.4. The number of rotatable bonds is 25. The topological polar surface area (TPSA) is 135 Å². The minimum absolute atomic E-state index is 0.0225. The average molecular weight is 921 g/mol. The lowest BCUT2D eigenvalue weighted by atomic mass is 10.0. The number of aromatic nitrogens is 2. The van der Waals surface area contributed by atoms with E-state index in [-0.39, 0.29) is 43.0 Å². The molecule has 63 heavy (non-hydrogen) atoms. The van der Waals surface area contributed by atoms with Crippen molar-refractivity contribution in [2.24, 2.45) is 5.92 Å². The fourth-order valence-corrected chi connectivity index (χ4v) is 8.18. The molecule has 0 radical (unpaired) electrons. The van der Waals surface area contributed by atoms with Crippen LogP contribution in [0.25, 0.3) is 0 Å². The Morgan fingerprint density at radius 1 is 0.873 bits per heavy atom. The van der Waals surface area contributed by atoms with Crippen molar-refractivity contribution in [1.82, 2.24) is 14.9 Å². The van der Waals surface area contributed by atoms with Crippen molar-refractivity contribution in [3.63, 3.8) is 0 Å². The number of hydrogen-bond acceptors (Lipinski definition) is 10. The van der Waals surface area contributed by atoms with E-state index in [1.165, 1.54) is 12.8 Å². The molecule has 6 rings (SSSR count). The van der Waals surface area contributed by atoms with Gasteiger partial charge < -0.3 is 24.0 Å².